The predicted molar refractivity (Wildman–Crippen MR) is 87.4 cm³/mol. The number of ether oxygens (including phenoxy) is 2. The van der Waals surface area contributed by atoms with Crippen LogP contribution in [0.4, 0.5) is 5.69 Å². The lowest BCUT2D eigenvalue weighted by Gasteiger charge is -2.12. The van der Waals surface area contributed by atoms with Crippen molar-refractivity contribution < 1.29 is 19.1 Å². The molecule has 2 amide bonds. The molecule has 1 N–H and O–H groups in total. The van der Waals surface area contributed by atoms with Crippen LogP contribution in [0.3, 0.4) is 0 Å². The highest BCUT2D eigenvalue weighted by Gasteiger charge is 2.30. The minimum atomic E-state index is -0.308. The van der Waals surface area contributed by atoms with Gasteiger partial charge in [0.25, 0.3) is 11.8 Å². The second kappa shape index (κ2) is 5.56. The monoisotopic (exact) mass is 324 g/mol. The third-order valence-electron chi connectivity index (χ3n) is 4.27. The second-order valence-corrected chi connectivity index (χ2v) is 5.68. The van der Waals surface area contributed by atoms with Gasteiger partial charge in [0.1, 0.15) is 0 Å². The number of hydrogen-bond donors (Lipinski definition) is 1. The number of anilines is 1. The molecule has 2 heterocycles. The maximum absolute atomic E-state index is 12.7. The number of amides is 2. The van der Waals surface area contributed by atoms with Gasteiger partial charge in [-0.05, 0) is 30.7 Å². The Kier molecular flexibility index (Phi) is 3.37. The zero-order valence-electron chi connectivity index (χ0n) is 13.2. The number of nitrogens with zero attached hydrogens (tertiary/aromatic N) is 1. The molecule has 2 aliphatic rings. The first-order chi connectivity index (χ1) is 11.7. The maximum atomic E-state index is 12.7. The molecule has 122 valence electrons. The van der Waals surface area contributed by atoms with Gasteiger partial charge in [-0.3, -0.25) is 9.59 Å². The molecule has 2 aromatic rings. The summed E-state index contributed by atoms with van der Waals surface area (Å²) >= 11 is 0. The van der Waals surface area contributed by atoms with Crippen LogP contribution in [-0.4, -0.2) is 30.1 Å². The van der Waals surface area contributed by atoms with Crippen LogP contribution in [0.2, 0.25) is 0 Å². The molecule has 0 bridgehead atoms. The van der Waals surface area contributed by atoms with Gasteiger partial charge in [0, 0.05) is 24.8 Å². The van der Waals surface area contributed by atoms with Crippen molar-refractivity contribution in [2.45, 2.75) is 13.5 Å². The SMILES string of the molecule is CCN1Cc2cccc(C(=O)Nc3ccc4c(c3)OCO4)c2C1=O. The van der Waals surface area contributed by atoms with Crippen LogP contribution >= 0.6 is 0 Å². The molecule has 0 saturated carbocycles. The maximum Gasteiger partial charge on any atom is 0.256 e. The number of hydrogen-bond acceptors (Lipinski definition) is 4. The molecular weight excluding hydrogens is 308 g/mol. The first-order valence-corrected chi connectivity index (χ1v) is 7.79. The first-order valence-electron chi connectivity index (χ1n) is 7.79. The fourth-order valence-electron chi connectivity index (χ4n) is 3.04. The van der Waals surface area contributed by atoms with Crippen LogP contribution in [-0.2, 0) is 6.54 Å². The molecule has 0 fully saturated rings. The number of carbonyl (C=O) groups excluding carboxylic acids is 2. The highest BCUT2D eigenvalue weighted by Crippen LogP contribution is 2.34. The van der Waals surface area contributed by atoms with Crippen LogP contribution < -0.4 is 14.8 Å². The van der Waals surface area contributed by atoms with E-state index in [1.54, 1.807) is 35.2 Å². The van der Waals surface area contributed by atoms with E-state index >= 15 is 0 Å². The Morgan fingerprint density at radius 3 is 2.88 bits per heavy atom. The molecule has 6 heteroatoms. The Morgan fingerprint density at radius 1 is 1.21 bits per heavy atom. The van der Waals surface area contributed by atoms with Crippen LogP contribution in [0.25, 0.3) is 0 Å². The third kappa shape index (κ3) is 2.27. The molecule has 0 atom stereocenters. The number of nitrogens with one attached hydrogen (secondary N) is 1. The molecule has 0 aliphatic carbocycles. The van der Waals surface area contributed by atoms with Crippen molar-refractivity contribution in [3.63, 3.8) is 0 Å². The van der Waals surface area contributed by atoms with E-state index < -0.39 is 0 Å². The lowest BCUT2D eigenvalue weighted by molar-refractivity contribution is 0.0783. The summed E-state index contributed by atoms with van der Waals surface area (Å²) in [6.07, 6.45) is 0. The smallest absolute Gasteiger partial charge is 0.256 e. The lowest BCUT2D eigenvalue weighted by Crippen LogP contribution is -2.24. The minimum absolute atomic E-state index is 0.0936. The number of benzene rings is 2. The molecule has 6 nitrogen and oxygen atoms in total. The number of rotatable bonds is 3. The van der Waals surface area contributed by atoms with E-state index in [1.165, 1.54) is 0 Å². The van der Waals surface area contributed by atoms with Crippen molar-refractivity contribution in [1.29, 1.82) is 0 Å². The van der Waals surface area contributed by atoms with Gasteiger partial charge in [0.15, 0.2) is 11.5 Å². The lowest BCUT2D eigenvalue weighted by atomic mass is 10.0. The summed E-state index contributed by atoms with van der Waals surface area (Å²) < 4.78 is 10.6. The summed E-state index contributed by atoms with van der Waals surface area (Å²) in [5, 5.41) is 2.83. The van der Waals surface area contributed by atoms with Gasteiger partial charge in [-0.25, -0.2) is 0 Å². The standard InChI is InChI=1S/C18H16N2O4/c1-2-20-9-11-4-3-5-13(16(11)18(20)22)17(21)19-12-6-7-14-15(8-12)24-10-23-14/h3-8H,2,9-10H2,1H3,(H,19,21). The predicted octanol–water partition coefficient (Wildman–Crippen LogP) is 2.64. The molecule has 0 spiro atoms. The molecule has 2 aliphatic heterocycles. The van der Waals surface area contributed by atoms with Crippen molar-refractivity contribution in [1.82, 2.24) is 4.90 Å². The van der Waals surface area contributed by atoms with Gasteiger partial charge in [-0.1, -0.05) is 12.1 Å². The number of fused-ring (bicyclic) bond motifs is 2. The van der Waals surface area contributed by atoms with Crippen LogP contribution in [0.15, 0.2) is 36.4 Å². The van der Waals surface area contributed by atoms with E-state index in [1.807, 2.05) is 13.0 Å². The molecule has 0 saturated heterocycles. The van der Waals surface area contributed by atoms with E-state index in [4.69, 9.17) is 9.47 Å². The number of carbonyl (C=O) groups is 2. The van der Waals surface area contributed by atoms with Gasteiger partial charge in [0.05, 0.1) is 11.1 Å². The summed E-state index contributed by atoms with van der Waals surface area (Å²) in [7, 11) is 0. The Balaban J connectivity index is 1.63. The molecule has 0 unspecified atom stereocenters. The van der Waals surface area contributed by atoms with Gasteiger partial charge in [-0.2, -0.15) is 0 Å². The van der Waals surface area contributed by atoms with Crippen molar-refractivity contribution in [3.8, 4) is 11.5 Å². The van der Waals surface area contributed by atoms with E-state index in [0.717, 1.165) is 5.56 Å². The topological polar surface area (TPSA) is 67.9 Å². The molecule has 0 radical (unpaired) electrons. The largest absolute Gasteiger partial charge is 0.454 e. The van der Waals surface area contributed by atoms with Crippen molar-refractivity contribution in [2.75, 3.05) is 18.7 Å². The van der Waals surface area contributed by atoms with E-state index in [0.29, 0.717) is 41.4 Å². The Labute approximate surface area is 139 Å². The van der Waals surface area contributed by atoms with Crippen molar-refractivity contribution in [2.24, 2.45) is 0 Å². The van der Waals surface area contributed by atoms with Crippen molar-refractivity contribution >= 4 is 17.5 Å². The van der Waals surface area contributed by atoms with Gasteiger partial charge in [0.2, 0.25) is 6.79 Å². The normalized spacial score (nSPS) is 14.7. The Hall–Kier alpha value is -3.02. The summed E-state index contributed by atoms with van der Waals surface area (Å²) in [5.74, 6) is 0.850. The summed E-state index contributed by atoms with van der Waals surface area (Å²) in [4.78, 5) is 26.9. The van der Waals surface area contributed by atoms with Gasteiger partial charge < -0.3 is 19.7 Å². The van der Waals surface area contributed by atoms with Crippen molar-refractivity contribution in [3.05, 3.63) is 53.1 Å². The molecule has 4 rings (SSSR count). The second-order valence-electron chi connectivity index (χ2n) is 5.68. The molecule has 24 heavy (non-hydrogen) atoms. The zero-order valence-corrected chi connectivity index (χ0v) is 13.2. The molecular formula is C18H16N2O4. The van der Waals surface area contributed by atoms with Crippen LogP contribution in [0.1, 0.15) is 33.2 Å². The zero-order chi connectivity index (χ0) is 16.7. The fourth-order valence-corrected chi connectivity index (χ4v) is 3.04. The van der Waals surface area contributed by atoms with Crippen LogP contribution in [0.5, 0.6) is 11.5 Å². The first kappa shape index (κ1) is 14.6. The van der Waals surface area contributed by atoms with E-state index in [-0.39, 0.29) is 18.6 Å². The molecule has 0 aromatic heterocycles. The Morgan fingerprint density at radius 2 is 2.04 bits per heavy atom. The quantitative estimate of drug-likeness (QED) is 0.942. The third-order valence-corrected chi connectivity index (χ3v) is 4.27. The van der Waals surface area contributed by atoms with E-state index in [2.05, 4.69) is 5.32 Å². The summed E-state index contributed by atoms with van der Waals surface area (Å²) in [6, 6.07) is 10.6. The van der Waals surface area contributed by atoms with E-state index in [9.17, 15) is 9.59 Å². The highest BCUT2D eigenvalue weighted by atomic mass is 16.7. The van der Waals surface area contributed by atoms with Crippen LogP contribution in [0, 0.1) is 0 Å². The minimum Gasteiger partial charge on any atom is -0.454 e. The highest BCUT2D eigenvalue weighted by molar-refractivity contribution is 6.13. The Bertz CT molecular complexity index is 847. The summed E-state index contributed by atoms with van der Waals surface area (Å²) in [5.41, 5.74) is 2.38. The fraction of sp³-hybridized carbons (Fsp3) is 0.222. The summed E-state index contributed by atoms with van der Waals surface area (Å²) in [6.45, 7) is 3.28. The average molecular weight is 324 g/mol. The molecule has 2 aromatic carbocycles. The van der Waals surface area contributed by atoms with Gasteiger partial charge in [-0.15, -0.1) is 0 Å². The average Bonchev–Trinajstić information content (AvgIpc) is 3.18. The van der Waals surface area contributed by atoms with Gasteiger partial charge >= 0.3 is 0 Å².